The van der Waals surface area contributed by atoms with Gasteiger partial charge in [-0.3, -0.25) is 9.48 Å². The number of aromatic nitrogens is 2. The van der Waals surface area contributed by atoms with Crippen molar-refractivity contribution in [3.05, 3.63) is 17.5 Å². The highest BCUT2D eigenvalue weighted by Crippen LogP contribution is 2.41. The van der Waals surface area contributed by atoms with Gasteiger partial charge in [-0.1, -0.05) is 13.8 Å². The Morgan fingerprint density at radius 2 is 2.17 bits per heavy atom. The van der Waals surface area contributed by atoms with Gasteiger partial charge in [-0.25, -0.2) is 0 Å². The fourth-order valence-electron chi connectivity index (χ4n) is 2.95. The molecule has 0 bridgehead atoms. The van der Waals surface area contributed by atoms with Crippen LogP contribution in [0.4, 0.5) is 0 Å². The molecule has 130 valence electrons. The Balaban J connectivity index is 2.06. The van der Waals surface area contributed by atoms with Gasteiger partial charge < -0.3 is 15.3 Å². The van der Waals surface area contributed by atoms with E-state index in [1.54, 1.807) is 13.1 Å². The highest BCUT2D eigenvalue weighted by atomic mass is 16.3. The Kier molecular flexibility index (Phi) is 5.47. The van der Waals surface area contributed by atoms with Gasteiger partial charge in [-0.15, -0.1) is 0 Å². The second kappa shape index (κ2) is 7.01. The molecule has 1 atom stereocenters. The molecule has 1 fully saturated rings. The fourth-order valence-corrected chi connectivity index (χ4v) is 2.95. The van der Waals surface area contributed by atoms with E-state index in [9.17, 15) is 9.90 Å². The number of amides is 1. The normalized spacial score (nSPS) is 17.6. The van der Waals surface area contributed by atoms with Crippen LogP contribution in [0.3, 0.4) is 0 Å². The topological polar surface area (TPSA) is 70.4 Å². The van der Waals surface area contributed by atoms with Crippen LogP contribution in [-0.4, -0.2) is 58.5 Å². The lowest BCUT2D eigenvalue weighted by Gasteiger charge is -2.27. The fraction of sp³-hybridized carbons (Fsp3) is 0.765. The number of hydrogen-bond donors (Lipinski definition) is 2. The Hall–Kier alpha value is -1.40. The molecule has 1 aliphatic rings. The van der Waals surface area contributed by atoms with Gasteiger partial charge in [0.1, 0.15) is 0 Å². The van der Waals surface area contributed by atoms with Crippen molar-refractivity contribution in [1.29, 1.82) is 0 Å². The predicted molar refractivity (Wildman–Crippen MR) is 90.6 cm³/mol. The third kappa shape index (κ3) is 5.04. The molecule has 1 heterocycles. The molecule has 0 aliphatic heterocycles. The summed E-state index contributed by atoms with van der Waals surface area (Å²) in [5.74, 6) is 0.810. The third-order valence-electron chi connectivity index (χ3n) is 3.91. The molecule has 2 N–H and O–H groups in total. The molecule has 0 radical (unpaired) electrons. The van der Waals surface area contributed by atoms with E-state index in [4.69, 9.17) is 0 Å². The second-order valence-electron chi connectivity index (χ2n) is 7.71. The van der Waals surface area contributed by atoms with Crippen LogP contribution >= 0.6 is 0 Å². The Labute approximate surface area is 138 Å². The minimum atomic E-state index is -0.952. The monoisotopic (exact) mass is 322 g/mol. The summed E-state index contributed by atoms with van der Waals surface area (Å²) < 4.78 is 1.98. The van der Waals surface area contributed by atoms with Gasteiger partial charge in [0.2, 0.25) is 0 Å². The first-order valence-corrected chi connectivity index (χ1v) is 8.40. The van der Waals surface area contributed by atoms with E-state index in [0.29, 0.717) is 23.9 Å². The molecule has 0 aromatic carbocycles. The number of nitrogens with one attached hydrogen (secondary N) is 1. The lowest BCUT2D eigenvalue weighted by molar-refractivity contribution is 0.0325. The van der Waals surface area contributed by atoms with Crippen LogP contribution in [0.15, 0.2) is 6.20 Å². The van der Waals surface area contributed by atoms with Crippen molar-refractivity contribution < 1.29 is 9.90 Å². The number of likely N-dealkylation sites (N-methyl/N-ethyl adjacent to an activating group) is 1. The zero-order valence-electron chi connectivity index (χ0n) is 15.0. The number of rotatable bonds is 8. The van der Waals surface area contributed by atoms with Crippen molar-refractivity contribution in [2.24, 2.45) is 5.92 Å². The van der Waals surface area contributed by atoms with Gasteiger partial charge in [0, 0.05) is 25.6 Å². The molecule has 6 heteroatoms. The van der Waals surface area contributed by atoms with Crippen LogP contribution in [0.25, 0.3) is 0 Å². The second-order valence-corrected chi connectivity index (χ2v) is 7.71. The Morgan fingerprint density at radius 1 is 1.52 bits per heavy atom. The number of hydrogen-bond acceptors (Lipinski definition) is 4. The first-order valence-electron chi connectivity index (χ1n) is 8.40. The summed E-state index contributed by atoms with van der Waals surface area (Å²) >= 11 is 0. The van der Waals surface area contributed by atoms with Crippen LogP contribution in [-0.2, 0) is 6.54 Å². The number of nitrogens with zero attached hydrogens (tertiary/aromatic N) is 3. The third-order valence-corrected chi connectivity index (χ3v) is 3.91. The summed E-state index contributed by atoms with van der Waals surface area (Å²) in [7, 11) is 3.80. The number of aliphatic hydroxyl groups is 1. The molecular formula is C17H30N4O2. The first-order chi connectivity index (χ1) is 10.7. The van der Waals surface area contributed by atoms with Crippen LogP contribution in [0.5, 0.6) is 0 Å². The zero-order valence-corrected chi connectivity index (χ0v) is 15.0. The van der Waals surface area contributed by atoms with Gasteiger partial charge in [0.05, 0.1) is 23.1 Å². The lowest BCUT2D eigenvalue weighted by atomic mass is 10.1. The van der Waals surface area contributed by atoms with Crippen molar-refractivity contribution in [2.45, 2.75) is 51.7 Å². The zero-order chi connectivity index (χ0) is 17.2. The molecule has 1 amide bonds. The maximum atomic E-state index is 12.5. The number of carbonyl (C=O) groups is 1. The van der Waals surface area contributed by atoms with Crippen LogP contribution in [0.2, 0.25) is 0 Å². The molecular weight excluding hydrogens is 292 g/mol. The lowest BCUT2D eigenvalue weighted by Crippen LogP contribution is -2.47. The van der Waals surface area contributed by atoms with Crippen molar-refractivity contribution in [1.82, 2.24) is 20.0 Å². The molecule has 23 heavy (non-hydrogen) atoms. The molecule has 1 unspecified atom stereocenters. The van der Waals surface area contributed by atoms with Gasteiger partial charge in [0.25, 0.3) is 5.91 Å². The van der Waals surface area contributed by atoms with Crippen LogP contribution in [0, 0.1) is 5.92 Å². The van der Waals surface area contributed by atoms with Gasteiger partial charge in [-0.2, -0.15) is 5.10 Å². The van der Waals surface area contributed by atoms with Crippen LogP contribution < -0.4 is 5.32 Å². The smallest absolute Gasteiger partial charge is 0.254 e. The molecule has 1 aliphatic carbocycles. The molecule has 1 aromatic heterocycles. The predicted octanol–water partition coefficient (Wildman–Crippen LogP) is 1.46. The Bertz CT molecular complexity index is 545. The highest BCUT2D eigenvalue weighted by Gasteiger charge is 2.33. The van der Waals surface area contributed by atoms with E-state index in [2.05, 4.69) is 24.3 Å². The maximum absolute atomic E-state index is 12.5. The maximum Gasteiger partial charge on any atom is 0.254 e. The van der Waals surface area contributed by atoms with Crippen molar-refractivity contribution in [3.63, 3.8) is 0 Å². The highest BCUT2D eigenvalue weighted by molar-refractivity contribution is 5.95. The van der Waals surface area contributed by atoms with Gasteiger partial charge >= 0.3 is 0 Å². The van der Waals surface area contributed by atoms with E-state index in [1.165, 1.54) is 0 Å². The van der Waals surface area contributed by atoms with Crippen molar-refractivity contribution >= 4 is 5.91 Å². The van der Waals surface area contributed by atoms with Gasteiger partial charge in [0.15, 0.2) is 0 Å². The molecule has 1 saturated carbocycles. The summed E-state index contributed by atoms with van der Waals surface area (Å²) in [6.45, 7) is 7.58. The van der Waals surface area contributed by atoms with Crippen molar-refractivity contribution in [3.8, 4) is 0 Å². The standard InChI is InChI=1S/C17H30N4O2/c1-12(2)9-21-15(13-6-7-13)14(8-19-21)16(22)18-10-17(3,23)11-20(4)5/h8,12-13,23H,6-7,9-11H2,1-5H3,(H,18,22). The molecule has 2 rings (SSSR count). The van der Waals surface area contributed by atoms with E-state index in [0.717, 1.165) is 25.1 Å². The summed E-state index contributed by atoms with van der Waals surface area (Å²) in [5.41, 5.74) is 0.768. The van der Waals surface area contributed by atoms with Crippen LogP contribution in [0.1, 0.15) is 55.6 Å². The molecule has 0 spiro atoms. The molecule has 1 aromatic rings. The minimum absolute atomic E-state index is 0.138. The quantitative estimate of drug-likeness (QED) is 0.760. The summed E-state index contributed by atoms with van der Waals surface area (Å²) in [4.78, 5) is 14.4. The van der Waals surface area contributed by atoms with E-state index < -0.39 is 5.60 Å². The number of carbonyl (C=O) groups excluding carboxylic acids is 1. The van der Waals surface area contributed by atoms with Crippen molar-refractivity contribution in [2.75, 3.05) is 27.2 Å². The summed E-state index contributed by atoms with van der Waals surface area (Å²) in [6, 6.07) is 0. The first kappa shape index (κ1) is 17.9. The Morgan fingerprint density at radius 3 is 2.70 bits per heavy atom. The van der Waals surface area contributed by atoms with E-state index in [1.807, 2.05) is 23.7 Å². The average molecular weight is 322 g/mol. The minimum Gasteiger partial charge on any atom is -0.387 e. The average Bonchev–Trinajstić information content (AvgIpc) is 3.16. The van der Waals surface area contributed by atoms with E-state index in [-0.39, 0.29) is 12.5 Å². The molecule has 6 nitrogen and oxygen atoms in total. The molecule has 0 saturated heterocycles. The summed E-state index contributed by atoms with van der Waals surface area (Å²) in [6.07, 6.45) is 3.93. The van der Waals surface area contributed by atoms with Gasteiger partial charge in [-0.05, 0) is 39.8 Å². The summed E-state index contributed by atoms with van der Waals surface area (Å²) in [5, 5.41) is 17.6. The van der Waals surface area contributed by atoms with E-state index >= 15 is 0 Å². The SMILES string of the molecule is CC(C)Cn1ncc(C(=O)NCC(C)(O)CN(C)C)c1C1CC1. The largest absolute Gasteiger partial charge is 0.387 e.